The summed E-state index contributed by atoms with van der Waals surface area (Å²) in [5.74, 6) is -0.457. The molecule has 2 N–H and O–H groups in total. The van der Waals surface area contributed by atoms with Crippen LogP contribution in [-0.4, -0.2) is 42.9 Å². The molecule has 0 amide bonds. The average Bonchev–Trinajstić information content (AvgIpc) is 2.90. The Hall–Kier alpha value is -2.44. The van der Waals surface area contributed by atoms with Crippen LogP contribution < -0.4 is 10.1 Å². The van der Waals surface area contributed by atoms with Gasteiger partial charge in [-0.1, -0.05) is 104 Å². The van der Waals surface area contributed by atoms with Crippen LogP contribution >= 0.6 is 0 Å². The highest BCUT2D eigenvalue weighted by Gasteiger charge is 2.17. The number of hydrogen-bond donors (Lipinski definition) is 2. The second kappa shape index (κ2) is 22.5. The molecule has 1 unspecified atom stereocenters. The van der Waals surface area contributed by atoms with E-state index in [2.05, 4.69) is 12.2 Å². The quantitative estimate of drug-likeness (QED) is 0.102. The number of phenols is 1. The van der Waals surface area contributed by atoms with Crippen LogP contribution in [0.1, 0.15) is 124 Å². The van der Waals surface area contributed by atoms with Gasteiger partial charge >= 0.3 is 11.9 Å². The first kappa shape index (κ1) is 33.6. The number of phenolic OH excluding ortho intramolecular Hbond substituents is 1. The molecule has 0 saturated heterocycles. The zero-order valence-corrected chi connectivity index (χ0v) is 24.2. The number of ether oxygens (including phenoxy) is 3. The molecule has 0 aliphatic carbocycles. The molecule has 0 radical (unpaired) electrons. The molecule has 0 heterocycles. The minimum Gasteiger partial charge on any atom is -0.508 e. The summed E-state index contributed by atoms with van der Waals surface area (Å²) in [5.41, 5.74) is 0.410. The summed E-state index contributed by atoms with van der Waals surface area (Å²) in [4.78, 5) is 24.3. The Kier molecular flexibility index (Phi) is 19.9. The zero-order chi connectivity index (χ0) is 27.8. The number of benzene rings is 1. The number of esters is 2. The molecular weight excluding hydrogens is 482 g/mol. The molecule has 0 saturated carbocycles. The van der Waals surface area contributed by atoms with E-state index in [9.17, 15) is 14.7 Å². The van der Waals surface area contributed by atoms with Crippen molar-refractivity contribution in [1.29, 1.82) is 0 Å². The molecule has 1 atom stereocenters. The van der Waals surface area contributed by atoms with Gasteiger partial charge in [0.15, 0.2) is 6.61 Å². The zero-order valence-electron chi connectivity index (χ0n) is 24.2. The third-order valence-corrected chi connectivity index (χ3v) is 6.54. The molecule has 218 valence electrons. The molecule has 7 nitrogen and oxygen atoms in total. The molecule has 0 bridgehead atoms. The van der Waals surface area contributed by atoms with E-state index >= 15 is 0 Å². The number of unbranched alkanes of at least 4 members (excludes halogenated alkanes) is 14. The molecule has 1 aromatic rings. The largest absolute Gasteiger partial charge is 0.508 e. The Bertz CT molecular complexity index is 754. The van der Waals surface area contributed by atoms with Gasteiger partial charge in [-0.3, -0.25) is 0 Å². The lowest BCUT2D eigenvalue weighted by Gasteiger charge is -2.18. The lowest BCUT2D eigenvalue weighted by molar-refractivity contribution is -0.146. The van der Waals surface area contributed by atoms with Crippen LogP contribution in [0.25, 0.3) is 0 Å². The highest BCUT2D eigenvalue weighted by Crippen LogP contribution is 2.29. The first-order valence-electron chi connectivity index (χ1n) is 15.0. The first-order chi connectivity index (χ1) is 18.5. The van der Waals surface area contributed by atoms with Crippen molar-refractivity contribution in [3.63, 3.8) is 0 Å². The van der Waals surface area contributed by atoms with Crippen molar-refractivity contribution in [3.8, 4) is 11.5 Å². The number of carbonyl (C=O) groups excluding carboxylic acids is 2. The van der Waals surface area contributed by atoms with E-state index in [4.69, 9.17) is 14.2 Å². The number of rotatable bonds is 24. The molecule has 0 aliphatic rings. The molecule has 1 rings (SSSR count). The van der Waals surface area contributed by atoms with E-state index in [0.717, 1.165) is 25.7 Å². The topological polar surface area (TPSA) is 94.1 Å². The van der Waals surface area contributed by atoms with Gasteiger partial charge in [-0.05, 0) is 31.9 Å². The normalized spacial score (nSPS) is 11.7. The number of aromatic hydroxyl groups is 1. The van der Waals surface area contributed by atoms with Crippen molar-refractivity contribution in [2.45, 2.75) is 130 Å². The second-order valence-electron chi connectivity index (χ2n) is 10.2. The van der Waals surface area contributed by atoms with Gasteiger partial charge in [-0.25, -0.2) is 9.59 Å². The van der Waals surface area contributed by atoms with E-state index in [1.165, 1.54) is 89.2 Å². The van der Waals surface area contributed by atoms with Gasteiger partial charge in [-0.2, -0.15) is 0 Å². The molecule has 0 aromatic heterocycles. The second-order valence-corrected chi connectivity index (χ2v) is 10.2. The van der Waals surface area contributed by atoms with Gasteiger partial charge in [0, 0.05) is 6.07 Å². The van der Waals surface area contributed by atoms with E-state index < -0.39 is 12.0 Å². The summed E-state index contributed by atoms with van der Waals surface area (Å²) < 4.78 is 16.1. The van der Waals surface area contributed by atoms with Crippen LogP contribution in [0.15, 0.2) is 18.2 Å². The number of anilines is 1. The SMILES string of the molecule is CCCCCCCCCCCCCCCCOC(=O)C(C)Nc1cc(O)ccc1OCC(=O)OCCCC. The Morgan fingerprint density at radius 1 is 0.763 bits per heavy atom. The third kappa shape index (κ3) is 17.1. The van der Waals surface area contributed by atoms with Crippen LogP contribution in [0, 0.1) is 0 Å². The van der Waals surface area contributed by atoms with Crippen molar-refractivity contribution in [2.75, 3.05) is 25.1 Å². The minimum absolute atomic E-state index is 0.0216. The van der Waals surface area contributed by atoms with Gasteiger partial charge in [0.1, 0.15) is 17.5 Å². The van der Waals surface area contributed by atoms with Crippen LogP contribution in [0.3, 0.4) is 0 Å². The fourth-order valence-electron chi connectivity index (χ4n) is 4.15. The lowest BCUT2D eigenvalue weighted by atomic mass is 10.0. The van der Waals surface area contributed by atoms with Crippen molar-refractivity contribution in [1.82, 2.24) is 0 Å². The fourth-order valence-corrected chi connectivity index (χ4v) is 4.15. The van der Waals surface area contributed by atoms with E-state index in [-0.39, 0.29) is 18.3 Å². The van der Waals surface area contributed by atoms with E-state index in [0.29, 0.717) is 24.7 Å². The molecule has 0 spiro atoms. The summed E-state index contributed by atoms with van der Waals surface area (Å²) >= 11 is 0. The maximum absolute atomic E-state index is 12.4. The fraction of sp³-hybridized carbons (Fsp3) is 0.742. The van der Waals surface area contributed by atoms with Gasteiger partial charge < -0.3 is 24.6 Å². The Labute approximate surface area is 231 Å². The van der Waals surface area contributed by atoms with Crippen molar-refractivity contribution in [2.24, 2.45) is 0 Å². The van der Waals surface area contributed by atoms with Gasteiger partial charge in [0.25, 0.3) is 0 Å². The van der Waals surface area contributed by atoms with Crippen LogP contribution in [-0.2, 0) is 19.1 Å². The van der Waals surface area contributed by atoms with Crippen LogP contribution in [0.2, 0.25) is 0 Å². The highest BCUT2D eigenvalue weighted by atomic mass is 16.6. The molecular formula is C31H53NO6. The minimum atomic E-state index is -0.637. The maximum Gasteiger partial charge on any atom is 0.344 e. The Morgan fingerprint density at radius 2 is 1.29 bits per heavy atom. The summed E-state index contributed by atoms with van der Waals surface area (Å²) in [6.45, 7) is 6.49. The molecule has 0 fully saturated rings. The van der Waals surface area contributed by atoms with Crippen molar-refractivity contribution >= 4 is 17.6 Å². The van der Waals surface area contributed by atoms with Gasteiger partial charge in [0.05, 0.1) is 18.9 Å². The van der Waals surface area contributed by atoms with Crippen molar-refractivity contribution in [3.05, 3.63) is 18.2 Å². The summed E-state index contributed by atoms with van der Waals surface area (Å²) in [7, 11) is 0. The number of hydrogen-bond acceptors (Lipinski definition) is 7. The predicted octanol–water partition coefficient (Wildman–Crippen LogP) is 7.94. The van der Waals surface area contributed by atoms with Gasteiger partial charge in [-0.15, -0.1) is 0 Å². The average molecular weight is 536 g/mol. The van der Waals surface area contributed by atoms with E-state index in [1.807, 2.05) is 6.92 Å². The highest BCUT2D eigenvalue weighted by molar-refractivity contribution is 5.80. The number of nitrogens with one attached hydrogen (secondary N) is 1. The molecule has 0 aliphatic heterocycles. The molecule has 38 heavy (non-hydrogen) atoms. The molecule has 7 heteroatoms. The summed E-state index contributed by atoms with van der Waals surface area (Å²) in [6, 6.07) is 3.82. The Morgan fingerprint density at radius 3 is 1.87 bits per heavy atom. The monoisotopic (exact) mass is 535 g/mol. The third-order valence-electron chi connectivity index (χ3n) is 6.54. The number of carbonyl (C=O) groups is 2. The van der Waals surface area contributed by atoms with Crippen molar-refractivity contribution < 1.29 is 28.9 Å². The Balaban J connectivity index is 2.17. The predicted molar refractivity (Wildman–Crippen MR) is 154 cm³/mol. The smallest absolute Gasteiger partial charge is 0.344 e. The summed E-state index contributed by atoms with van der Waals surface area (Å²) in [5, 5.41) is 12.9. The standard InChI is InChI=1S/C31H53NO6/c1-4-6-8-9-10-11-12-13-14-15-16-17-18-19-23-37-31(35)26(3)32-28-24-27(33)20-21-29(28)38-25-30(34)36-22-7-5-2/h20-21,24,26,32-33H,4-19,22-23,25H2,1-3H3. The molecule has 1 aromatic carbocycles. The maximum atomic E-state index is 12.4. The van der Waals surface area contributed by atoms with E-state index in [1.54, 1.807) is 13.0 Å². The van der Waals surface area contributed by atoms with Crippen LogP contribution in [0.5, 0.6) is 11.5 Å². The lowest BCUT2D eigenvalue weighted by Crippen LogP contribution is -2.28. The first-order valence-corrected chi connectivity index (χ1v) is 15.0. The van der Waals surface area contributed by atoms with Gasteiger partial charge in [0.2, 0.25) is 0 Å². The van der Waals surface area contributed by atoms with Crippen LogP contribution in [0.4, 0.5) is 5.69 Å². The summed E-state index contributed by atoms with van der Waals surface area (Å²) in [6.07, 6.45) is 19.7.